The fourth-order valence-electron chi connectivity index (χ4n) is 4.13. The number of nitrogens with one attached hydrogen (secondary N) is 2. The molecule has 172 valence electrons. The highest BCUT2D eigenvalue weighted by molar-refractivity contribution is 7.98. The number of nitrogens with zero attached hydrogens (tertiary/aromatic N) is 1. The molecule has 0 spiro atoms. The molecule has 0 bridgehead atoms. The lowest BCUT2D eigenvalue weighted by atomic mass is 10.0. The van der Waals surface area contributed by atoms with Gasteiger partial charge < -0.3 is 25.4 Å². The molecule has 0 unspecified atom stereocenters. The lowest BCUT2D eigenvalue weighted by molar-refractivity contribution is -0.143. The van der Waals surface area contributed by atoms with Gasteiger partial charge in [-0.2, -0.15) is 0 Å². The highest BCUT2D eigenvalue weighted by Crippen LogP contribution is 2.32. The number of hydrogen-bond acceptors (Lipinski definition) is 6. The van der Waals surface area contributed by atoms with Crippen LogP contribution in [0.25, 0.3) is 11.1 Å². The first kappa shape index (κ1) is 22.8. The summed E-state index contributed by atoms with van der Waals surface area (Å²) in [6.45, 7) is -0.724. The summed E-state index contributed by atoms with van der Waals surface area (Å²) in [4.78, 5) is 51.6. The van der Waals surface area contributed by atoms with Crippen molar-refractivity contribution in [1.82, 2.24) is 10.2 Å². The molecule has 2 aliphatic heterocycles. The molecule has 10 heteroatoms. The number of carbonyl (C=O) groups excluding carboxylic acids is 3. The molecule has 4 rings (SSSR count). The predicted molar refractivity (Wildman–Crippen MR) is 122 cm³/mol. The highest BCUT2D eigenvalue weighted by Gasteiger charge is 2.45. The Kier molecular flexibility index (Phi) is 6.66. The second-order valence-corrected chi connectivity index (χ2v) is 8.65. The Labute approximate surface area is 194 Å². The summed E-state index contributed by atoms with van der Waals surface area (Å²) in [7, 11) is 0. The number of fused-ring (bicyclic) bond motifs is 2. The largest absolute Gasteiger partial charge is 0.480 e. The number of amides is 3. The third-order valence-electron chi connectivity index (χ3n) is 5.66. The van der Waals surface area contributed by atoms with E-state index in [1.54, 1.807) is 23.9 Å². The summed E-state index contributed by atoms with van der Waals surface area (Å²) >= 11 is 1.65. The van der Waals surface area contributed by atoms with Gasteiger partial charge in [0.2, 0.25) is 11.8 Å². The molecule has 0 saturated carbocycles. The Morgan fingerprint density at radius 1 is 1.15 bits per heavy atom. The fourth-order valence-corrected chi connectivity index (χ4v) is 4.54. The van der Waals surface area contributed by atoms with E-state index >= 15 is 0 Å². The zero-order valence-electron chi connectivity index (χ0n) is 17.9. The van der Waals surface area contributed by atoms with Crippen LogP contribution in [-0.2, 0) is 19.1 Å². The van der Waals surface area contributed by atoms with Crippen molar-refractivity contribution in [3.63, 3.8) is 0 Å². The molecule has 1 saturated heterocycles. The van der Waals surface area contributed by atoms with Crippen molar-refractivity contribution in [2.75, 3.05) is 31.3 Å². The third kappa shape index (κ3) is 4.86. The molecule has 1 fully saturated rings. The number of anilines is 1. The number of rotatable bonds is 7. The average Bonchev–Trinajstić information content (AvgIpc) is 3.18. The van der Waals surface area contributed by atoms with Gasteiger partial charge in [-0.3, -0.25) is 14.4 Å². The molecule has 0 radical (unpaired) electrons. The van der Waals surface area contributed by atoms with E-state index in [1.807, 2.05) is 36.6 Å². The van der Waals surface area contributed by atoms with E-state index in [9.17, 15) is 19.2 Å². The van der Waals surface area contributed by atoms with Gasteiger partial charge in [0, 0.05) is 11.4 Å². The first-order chi connectivity index (χ1) is 15.9. The van der Waals surface area contributed by atoms with Gasteiger partial charge in [-0.05, 0) is 48.1 Å². The van der Waals surface area contributed by atoms with Crippen LogP contribution in [0.3, 0.4) is 0 Å². The summed E-state index contributed by atoms with van der Waals surface area (Å²) in [5.74, 6) is -2.38. The van der Waals surface area contributed by atoms with Gasteiger partial charge in [0.1, 0.15) is 19.3 Å². The Bertz CT molecular complexity index is 1100. The molecule has 0 aliphatic carbocycles. The van der Waals surface area contributed by atoms with E-state index in [0.717, 1.165) is 16.0 Å². The van der Waals surface area contributed by atoms with E-state index < -0.39 is 37.2 Å². The maximum Gasteiger partial charge on any atom is 0.329 e. The molecule has 0 aromatic heterocycles. The number of carbonyl (C=O) groups is 4. The Morgan fingerprint density at radius 3 is 2.58 bits per heavy atom. The molecule has 2 aromatic rings. The minimum Gasteiger partial charge on any atom is -0.480 e. The number of carboxylic acids is 1. The minimum atomic E-state index is -1.18. The summed E-state index contributed by atoms with van der Waals surface area (Å²) in [6, 6.07) is 11.9. The maximum atomic E-state index is 13.4. The van der Waals surface area contributed by atoms with Crippen LogP contribution >= 0.6 is 11.8 Å². The van der Waals surface area contributed by atoms with Gasteiger partial charge in [0.25, 0.3) is 5.91 Å². The van der Waals surface area contributed by atoms with Crippen molar-refractivity contribution in [3.8, 4) is 11.1 Å². The normalized spacial score (nSPS) is 19.4. The summed E-state index contributed by atoms with van der Waals surface area (Å²) in [5, 5.41) is 14.1. The molecule has 9 nitrogen and oxygen atoms in total. The highest BCUT2D eigenvalue weighted by atomic mass is 32.2. The van der Waals surface area contributed by atoms with Crippen molar-refractivity contribution < 1.29 is 29.0 Å². The molecular weight excluding hydrogens is 446 g/mol. The minimum absolute atomic E-state index is 0.283. The lowest BCUT2D eigenvalue weighted by Crippen LogP contribution is -2.52. The van der Waals surface area contributed by atoms with Crippen molar-refractivity contribution in [2.45, 2.75) is 23.4 Å². The van der Waals surface area contributed by atoms with Gasteiger partial charge in [0.15, 0.2) is 0 Å². The Balaban J connectivity index is 1.53. The van der Waals surface area contributed by atoms with E-state index in [2.05, 4.69) is 10.6 Å². The predicted octanol–water partition coefficient (Wildman–Crippen LogP) is 1.83. The smallest absolute Gasteiger partial charge is 0.329 e. The standard InChI is InChI=1S/C23H23N3O6S/c1-33-15-5-2-13(3-6-15)14-4-7-17-16(10-14)23(31)26-9-8-18(21(26)22(30)25-17)24-19(27)11-32-12-20(28)29/h2-7,10,18,21H,8-9,11-12H2,1H3,(H,24,27)(H,25,30)(H,28,29)/t18-,21-/m0/s1. The van der Waals surface area contributed by atoms with Crippen molar-refractivity contribution >= 4 is 41.1 Å². The molecule has 2 heterocycles. The van der Waals surface area contributed by atoms with E-state index in [0.29, 0.717) is 24.2 Å². The molecular formula is C23H23N3O6S. The second kappa shape index (κ2) is 9.63. The van der Waals surface area contributed by atoms with E-state index in [1.165, 1.54) is 4.90 Å². The summed E-state index contributed by atoms with van der Waals surface area (Å²) < 4.78 is 4.80. The van der Waals surface area contributed by atoms with Gasteiger partial charge in [-0.1, -0.05) is 18.2 Å². The van der Waals surface area contributed by atoms with Crippen LogP contribution in [0.5, 0.6) is 0 Å². The van der Waals surface area contributed by atoms with E-state index in [-0.39, 0.29) is 11.8 Å². The fraction of sp³-hybridized carbons (Fsp3) is 0.304. The van der Waals surface area contributed by atoms with Gasteiger partial charge in [-0.25, -0.2) is 4.79 Å². The molecule has 3 amide bonds. The monoisotopic (exact) mass is 469 g/mol. The van der Waals surface area contributed by atoms with Crippen molar-refractivity contribution in [2.24, 2.45) is 0 Å². The zero-order chi connectivity index (χ0) is 23.5. The topological polar surface area (TPSA) is 125 Å². The maximum absolute atomic E-state index is 13.4. The van der Waals surface area contributed by atoms with Gasteiger partial charge >= 0.3 is 5.97 Å². The molecule has 3 N–H and O–H groups in total. The number of thioether (sulfide) groups is 1. The molecule has 2 aliphatic rings. The number of benzene rings is 2. The average molecular weight is 470 g/mol. The summed E-state index contributed by atoms with van der Waals surface area (Å²) in [6.07, 6.45) is 2.41. The Morgan fingerprint density at radius 2 is 1.88 bits per heavy atom. The van der Waals surface area contributed by atoms with Crippen LogP contribution < -0.4 is 10.6 Å². The Hall–Kier alpha value is -3.37. The number of carboxylic acid groups (broad SMARTS) is 1. The zero-order valence-corrected chi connectivity index (χ0v) is 18.7. The lowest BCUT2D eigenvalue weighted by Gasteiger charge is -2.24. The first-order valence-electron chi connectivity index (χ1n) is 10.4. The quantitative estimate of drug-likeness (QED) is 0.528. The van der Waals surface area contributed by atoms with Gasteiger partial charge in [-0.15, -0.1) is 11.8 Å². The second-order valence-electron chi connectivity index (χ2n) is 7.77. The van der Waals surface area contributed by atoms with Crippen LogP contribution in [0.15, 0.2) is 47.4 Å². The van der Waals surface area contributed by atoms with Crippen LogP contribution in [-0.4, -0.2) is 71.8 Å². The van der Waals surface area contributed by atoms with Crippen molar-refractivity contribution in [3.05, 3.63) is 48.0 Å². The first-order valence-corrected chi connectivity index (χ1v) is 11.6. The molecule has 33 heavy (non-hydrogen) atoms. The van der Waals surface area contributed by atoms with Crippen LogP contribution in [0, 0.1) is 0 Å². The van der Waals surface area contributed by atoms with Crippen molar-refractivity contribution in [1.29, 1.82) is 0 Å². The number of ether oxygens (including phenoxy) is 1. The molecule has 2 atom stereocenters. The third-order valence-corrected chi connectivity index (χ3v) is 6.41. The van der Waals surface area contributed by atoms with Crippen LogP contribution in [0.4, 0.5) is 5.69 Å². The number of aliphatic carboxylic acids is 1. The van der Waals surface area contributed by atoms with E-state index in [4.69, 9.17) is 9.84 Å². The van der Waals surface area contributed by atoms with Crippen LogP contribution in [0.2, 0.25) is 0 Å². The van der Waals surface area contributed by atoms with Crippen LogP contribution in [0.1, 0.15) is 16.8 Å². The van der Waals surface area contributed by atoms with Gasteiger partial charge in [0.05, 0.1) is 17.3 Å². The summed E-state index contributed by atoms with van der Waals surface area (Å²) in [5.41, 5.74) is 2.65. The SMILES string of the molecule is CSc1ccc(-c2ccc3c(c2)C(=O)N2CC[C@H](NC(=O)COCC(=O)O)[C@H]2C(=O)N3)cc1. The number of hydrogen-bond donors (Lipinski definition) is 3. The molecule has 2 aromatic carbocycles.